The van der Waals surface area contributed by atoms with E-state index in [2.05, 4.69) is 20.7 Å². The Kier molecular flexibility index (Phi) is 1.67. The molecule has 4 nitrogen and oxygen atoms in total. The lowest BCUT2D eigenvalue weighted by Crippen LogP contribution is -2.20. The Morgan fingerprint density at radius 3 is 2.41 bits per heavy atom. The van der Waals surface area contributed by atoms with Crippen LogP contribution >= 0.6 is 0 Å². The van der Waals surface area contributed by atoms with Gasteiger partial charge in [0.25, 0.3) is 0 Å². The zero-order valence-corrected chi connectivity index (χ0v) is 10.0. The van der Waals surface area contributed by atoms with Gasteiger partial charge >= 0.3 is 0 Å². The molecular formula is C13H16N4. The van der Waals surface area contributed by atoms with Gasteiger partial charge in [-0.3, -0.25) is 0 Å². The average Bonchev–Trinajstić information content (AvgIpc) is 3.22. The van der Waals surface area contributed by atoms with E-state index in [0.717, 1.165) is 17.6 Å². The molecule has 2 aliphatic carbocycles. The van der Waals surface area contributed by atoms with Crippen molar-refractivity contribution in [2.45, 2.75) is 31.2 Å². The molecule has 2 aromatic rings. The highest BCUT2D eigenvalue weighted by Gasteiger charge is 2.56. The van der Waals surface area contributed by atoms with E-state index in [1.165, 1.54) is 25.7 Å². The first-order chi connectivity index (χ1) is 8.31. The predicted molar refractivity (Wildman–Crippen MR) is 64.4 cm³/mol. The fourth-order valence-electron chi connectivity index (χ4n) is 3.00. The van der Waals surface area contributed by atoms with Crippen LogP contribution in [0, 0.1) is 5.92 Å². The van der Waals surface area contributed by atoms with Gasteiger partial charge in [0.2, 0.25) is 0 Å². The third-order valence-electron chi connectivity index (χ3n) is 4.24. The molecule has 4 heteroatoms. The minimum absolute atomic E-state index is 0.387. The van der Waals surface area contributed by atoms with Crippen molar-refractivity contribution in [2.24, 2.45) is 13.0 Å². The second kappa shape index (κ2) is 3.00. The zero-order valence-electron chi connectivity index (χ0n) is 10.0. The first-order valence-electron chi connectivity index (χ1n) is 6.33. The van der Waals surface area contributed by atoms with Crippen LogP contribution < -0.4 is 0 Å². The molecule has 0 bridgehead atoms. The van der Waals surface area contributed by atoms with Gasteiger partial charge < -0.3 is 9.13 Å². The van der Waals surface area contributed by atoms with Crippen molar-refractivity contribution in [3.63, 3.8) is 0 Å². The fourth-order valence-corrected chi connectivity index (χ4v) is 3.00. The molecule has 2 saturated carbocycles. The maximum atomic E-state index is 4.52. The number of imidazole rings is 2. The molecule has 0 N–H and O–H groups in total. The molecule has 0 unspecified atom stereocenters. The Balaban J connectivity index is 1.83. The standard InChI is InChI=1S/C13H16N4/c1-16-8-6-14-11(16)12-15-7-9-17(12)13(4-5-13)10-2-3-10/h6-10H,2-5H2,1H3. The second-order valence-corrected chi connectivity index (χ2v) is 5.36. The van der Waals surface area contributed by atoms with Crippen molar-refractivity contribution in [1.29, 1.82) is 0 Å². The molecule has 2 aromatic heterocycles. The minimum atomic E-state index is 0.387. The lowest BCUT2D eigenvalue weighted by Gasteiger charge is -2.19. The van der Waals surface area contributed by atoms with E-state index in [1.54, 1.807) is 0 Å². The Morgan fingerprint density at radius 2 is 1.82 bits per heavy atom. The van der Waals surface area contributed by atoms with Gasteiger partial charge in [-0.2, -0.15) is 0 Å². The molecule has 2 fully saturated rings. The van der Waals surface area contributed by atoms with Crippen molar-refractivity contribution >= 4 is 0 Å². The fraction of sp³-hybridized carbons (Fsp3) is 0.538. The molecule has 0 aliphatic heterocycles. The van der Waals surface area contributed by atoms with Crippen molar-refractivity contribution in [3.8, 4) is 11.6 Å². The molecule has 88 valence electrons. The van der Waals surface area contributed by atoms with E-state index in [0.29, 0.717) is 5.54 Å². The van der Waals surface area contributed by atoms with Gasteiger partial charge in [-0.1, -0.05) is 0 Å². The van der Waals surface area contributed by atoms with Crippen LogP contribution in [0.3, 0.4) is 0 Å². The molecule has 4 rings (SSSR count). The first-order valence-corrected chi connectivity index (χ1v) is 6.33. The predicted octanol–water partition coefficient (Wildman–Crippen LogP) is 2.18. The Labute approximate surface area is 100 Å². The zero-order chi connectivity index (χ0) is 11.5. The molecule has 0 spiro atoms. The lowest BCUT2D eigenvalue weighted by atomic mass is 10.1. The van der Waals surface area contributed by atoms with Crippen molar-refractivity contribution in [2.75, 3.05) is 0 Å². The molecule has 0 amide bonds. The van der Waals surface area contributed by atoms with E-state index >= 15 is 0 Å². The van der Waals surface area contributed by atoms with Gasteiger partial charge in [-0.05, 0) is 31.6 Å². The largest absolute Gasteiger partial charge is 0.331 e. The number of hydrogen-bond donors (Lipinski definition) is 0. The van der Waals surface area contributed by atoms with Crippen LogP contribution in [0.4, 0.5) is 0 Å². The Bertz CT molecular complexity index is 557. The Morgan fingerprint density at radius 1 is 1.12 bits per heavy atom. The number of hydrogen-bond acceptors (Lipinski definition) is 2. The van der Waals surface area contributed by atoms with E-state index in [9.17, 15) is 0 Å². The first kappa shape index (κ1) is 9.45. The van der Waals surface area contributed by atoms with Crippen LogP contribution in [-0.4, -0.2) is 19.1 Å². The highest BCUT2D eigenvalue weighted by Crippen LogP contribution is 2.60. The van der Waals surface area contributed by atoms with Crippen LogP contribution in [0.15, 0.2) is 24.8 Å². The van der Waals surface area contributed by atoms with Gasteiger partial charge in [0.15, 0.2) is 11.6 Å². The van der Waals surface area contributed by atoms with Crippen LogP contribution in [0.1, 0.15) is 25.7 Å². The number of rotatable bonds is 3. The Hall–Kier alpha value is -1.58. The molecule has 0 atom stereocenters. The highest BCUT2D eigenvalue weighted by molar-refractivity contribution is 5.46. The van der Waals surface area contributed by atoms with E-state index in [-0.39, 0.29) is 0 Å². The van der Waals surface area contributed by atoms with Crippen LogP contribution in [0.25, 0.3) is 11.6 Å². The number of aromatic nitrogens is 4. The maximum absolute atomic E-state index is 4.52. The summed E-state index contributed by atoms with van der Waals surface area (Å²) in [6.07, 6.45) is 13.3. The summed E-state index contributed by atoms with van der Waals surface area (Å²) in [7, 11) is 2.03. The quantitative estimate of drug-likeness (QED) is 0.807. The third kappa shape index (κ3) is 1.24. The summed E-state index contributed by atoms with van der Waals surface area (Å²) in [5.41, 5.74) is 0.387. The summed E-state index contributed by atoms with van der Waals surface area (Å²) in [6, 6.07) is 0. The molecule has 0 aromatic carbocycles. The van der Waals surface area contributed by atoms with Gasteiger partial charge in [0.1, 0.15) is 0 Å². The lowest BCUT2D eigenvalue weighted by molar-refractivity contribution is 0.424. The SMILES string of the molecule is Cn1ccnc1-c1nccn1C1(C2CC2)CC1. The molecule has 2 aliphatic rings. The monoisotopic (exact) mass is 228 g/mol. The van der Waals surface area contributed by atoms with E-state index in [1.807, 2.05) is 30.2 Å². The highest BCUT2D eigenvalue weighted by atomic mass is 15.2. The smallest absolute Gasteiger partial charge is 0.176 e. The maximum Gasteiger partial charge on any atom is 0.176 e. The molecule has 17 heavy (non-hydrogen) atoms. The summed E-state index contributed by atoms with van der Waals surface area (Å²) >= 11 is 0. The number of nitrogens with zero attached hydrogens (tertiary/aromatic N) is 4. The summed E-state index contributed by atoms with van der Waals surface area (Å²) in [5, 5.41) is 0. The summed E-state index contributed by atoms with van der Waals surface area (Å²) < 4.78 is 4.43. The third-order valence-corrected chi connectivity index (χ3v) is 4.24. The molecular weight excluding hydrogens is 212 g/mol. The molecule has 0 radical (unpaired) electrons. The average molecular weight is 228 g/mol. The van der Waals surface area contributed by atoms with Gasteiger partial charge in [-0.25, -0.2) is 9.97 Å². The molecule has 0 saturated heterocycles. The van der Waals surface area contributed by atoms with Crippen molar-refractivity contribution in [1.82, 2.24) is 19.1 Å². The van der Waals surface area contributed by atoms with Crippen LogP contribution in [0.5, 0.6) is 0 Å². The van der Waals surface area contributed by atoms with E-state index < -0.39 is 0 Å². The van der Waals surface area contributed by atoms with Crippen molar-refractivity contribution in [3.05, 3.63) is 24.8 Å². The topological polar surface area (TPSA) is 35.6 Å². The summed E-state index contributed by atoms with van der Waals surface area (Å²) in [6.45, 7) is 0. The van der Waals surface area contributed by atoms with Crippen LogP contribution in [0.2, 0.25) is 0 Å². The summed E-state index contributed by atoms with van der Waals surface area (Å²) in [4.78, 5) is 8.94. The van der Waals surface area contributed by atoms with E-state index in [4.69, 9.17) is 0 Å². The van der Waals surface area contributed by atoms with Gasteiger partial charge in [-0.15, -0.1) is 0 Å². The molecule has 2 heterocycles. The summed E-state index contributed by atoms with van der Waals surface area (Å²) in [5.74, 6) is 2.89. The van der Waals surface area contributed by atoms with Crippen molar-refractivity contribution < 1.29 is 0 Å². The van der Waals surface area contributed by atoms with Crippen LogP contribution in [-0.2, 0) is 12.6 Å². The minimum Gasteiger partial charge on any atom is -0.331 e. The van der Waals surface area contributed by atoms with Gasteiger partial charge in [0, 0.05) is 37.4 Å². The normalized spacial score (nSPS) is 21.7. The number of aryl methyl sites for hydroxylation is 1. The van der Waals surface area contributed by atoms with Gasteiger partial charge in [0.05, 0.1) is 0 Å². The second-order valence-electron chi connectivity index (χ2n) is 5.36.